The molecule has 7 nitrogen and oxygen atoms in total. The Morgan fingerprint density at radius 1 is 1.50 bits per heavy atom. The summed E-state index contributed by atoms with van der Waals surface area (Å²) >= 11 is 0. The summed E-state index contributed by atoms with van der Waals surface area (Å²) in [6, 6.07) is 1.62. The second-order valence-corrected chi connectivity index (χ2v) is 8.91. The van der Waals surface area contributed by atoms with Crippen LogP contribution in [0.15, 0.2) is 30.5 Å². The number of imidazole rings is 1. The SMILES string of the molecule is CP(C)(=O)CO[C@@H]1C=C(F)[C@H](n2cnc3c(N)ccnc32)O1. The van der Waals surface area contributed by atoms with E-state index in [-0.39, 0.29) is 6.35 Å². The summed E-state index contributed by atoms with van der Waals surface area (Å²) in [5.74, 6) is -0.518. The van der Waals surface area contributed by atoms with E-state index in [1.54, 1.807) is 19.4 Å². The van der Waals surface area contributed by atoms with Crippen LogP contribution in [0.5, 0.6) is 0 Å². The van der Waals surface area contributed by atoms with Crippen LogP contribution in [-0.2, 0) is 14.0 Å². The number of nitrogen functional groups attached to an aromatic ring is 1. The van der Waals surface area contributed by atoms with E-state index in [1.807, 2.05) is 0 Å². The van der Waals surface area contributed by atoms with E-state index < -0.39 is 25.5 Å². The summed E-state index contributed by atoms with van der Waals surface area (Å²) < 4.78 is 38.0. The number of fused-ring (bicyclic) bond motifs is 1. The average Bonchev–Trinajstić information content (AvgIpc) is 3.00. The maximum absolute atomic E-state index is 14.1. The van der Waals surface area contributed by atoms with Gasteiger partial charge in [0.1, 0.15) is 19.0 Å². The molecule has 0 radical (unpaired) electrons. The maximum atomic E-state index is 14.1. The van der Waals surface area contributed by atoms with Crippen LogP contribution in [0, 0.1) is 0 Å². The van der Waals surface area contributed by atoms with Gasteiger partial charge in [0.15, 0.2) is 24.0 Å². The maximum Gasteiger partial charge on any atom is 0.192 e. The van der Waals surface area contributed by atoms with Crippen molar-refractivity contribution in [2.24, 2.45) is 0 Å². The molecule has 0 bridgehead atoms. The fraction of sp³-hybridized carbons (Fsp3) is 0.385. The van der Waals surface area contributed by atoms with Crippen LogP contribution in [0.1, 0.15) is 6.23 Å². The van der Waals surface area contributed by atoms with Gasteiger partial charge in [-0.1, -0.05) is 0 Å². The predicted molar refractivity (Wildman–Crippen MR) is 80.4 cm³/mol. The molecule has 1 aliphatic rings. The molecule has 0 aliphatic carbocycles. The summed E-state index contributed by atoms with van der Waals surface area (Å²) in [5.41, 5.74) is 7.16. The van der Waals surface area contributed by atoms with E-state index in [4.69, 9.17) is 15.2 Å². The van der Waals surface area contributed by atoms with Crippen molar-refractivity contribution in [2.45, 2.75) is 12.5 Å². The Balaban J connectivity index is 1.82. The van der Waals surface area contributed by atoms with Crippen LogP contribution in [0.3, 0.4) is 0 Å². The van der Waals surface area contributed by atoms with Gasteiger partial charge in [-0.3, -0.25) is 4.57 Å². The summed E-state index contributed by atoms with van der Waals surface area (Å²) in [6.07, 6.45) is 2.25. The molecule has 2 aromatic rings. The first kappa shape index (κ1) is 15.1. The van der Waals surface area contributed by atoms with Crippen molar-refractivity contribution in [1.29, 1.82) is 0 Å². The normalized spacial score (nSPS) is 22.2. The Morgan fingerprint density at radius 3 is 3.00 bits per heavy atom. The molecular formula is C13H16FN4O3P. The van der Waals surface area contributed by atoms with Gasteiger partial charge in [-0.15, -0.1) is 0 Å². The lowest BCUT2D eigenvalue weighted by atomic mass is 10.3. The van der Waals surface area contributed by atoms with Crippen molar-refractivity contribution < 1.29 is 18.4 Å². The van der Waals surface area contributed by atoms with Crippen molar-refractivity contribution in [1.82, 2.24) is 14.5 Å². The minimum Gasteiger partial charge on any atom is -0.397 e. The fourth-order valence-electron chi connectivity index (χ4n) is 2.11. The third-order valence-corrected chi connectivity index (χ3v) is 3.86. The molecule has 2 aromatic heterocycles. The summed E-state index contributed by atoms with van der Waals surface area (Å²) in [4.78, 5) is 8.28. The zero-order chi connectivity index (χ0) is 15.9. The van der Waals surface area contributed by atoms with Gasteiger partial charge in [-0.25, -0.2) is 14.4 Å². The highest BCUT2D eigenvalue weighted by molar-refractivity contribution is 7.62. The van der Waals surface area contributed by atoms with E-state index in [2.05, 4.69) is 9.97 Å². The fourth-order valence-corrected chi connectivity index (χ4v) is 2.61. The molecule has 0 spiro atoms. The van der Waals surface area contributed by atoms with Crippen LogP contribution in [0.25, 0.3) is 11.2 Å². The van der Waals surface area contributed by atoms with E-state index in [1.165, 1.54) is 23.2 Å². The van der Waals surface area contributed by atoms with Gasteiger partial charge < -0.3 is 19.8 Å². The van der Waals surface area contributed by atoms with E-state index >= 15 is 0 Å². The molecule has 3 heterocycles. The van der Waals surface area contributed by atoms with Gasteiger partial charge in [-0.2, -0.15) is 0 Å². The van der Waals surface area contributed by atoms with E-state index in [0.29, 0.717) is 16.9 Å². The van der Waals surface area contributed by atoms with Crippen molar-refractivity contribution in [3.63, 3.8) is 0 Å². The summed E-state index contributed by atoms with van der Waals surface area (Å²) in [5, 5.41) is 0. The van der Waals surface area contributed by atoms with Gasteiger partial charge in [0, 0.05) is 12.3 Å². The van der Waals surface area contributed by atoms with Crippen LogP contribution in [0.4, 0.5) is 10.1 Å². The first-order valence-corrected chi connectivity index (χ1v) is 9.39. The van der Waals surface area contributed by atoms with Crippen LogP contribution < -0.4 is 5.73 Å². The summed E-state index contributed by atoms with van der Waals surface area (Å²) in [6.45, 7) is 3.19. The van der Waals surface area contributed by atoms with E-state index in [0.717, 1.165) is 0 Å². The van der Waals surface area contributed by atoms with Crippen molar-refractivity contribution >= 4 is 24.0 Å². The molecule has 0 aromatic carbocycles. The number of aromatic nitrogens is 3. The number of nitrogens with two attached hydrogens (primary N) is 1. The Labute approximate surface area is 126 Å². The van der Waals surface area contributed by atoms with Gasteiger partial charge in [0.2, 0.25) is 0 Å². The lowest BCUT2D eigenvalue weighted by molar-refractivity contribution is -0.128. The molecule has 0 amide bonds. The molecule has 2 atom stereocenters. The highest BCUT2D eigenvalue weighted by atomic mass is 31.2. The van der Waals surface area contributed by atoms with Crippen molar-refractivity contribution in [3.05, 3.63) is 30.5 Å². The quantitative estimate of drug-likeness (QED) is 0.867. The van der Waals surface area contributed by atoms with Gasteiger partial charge in [0.05, 0.1) is 12.0 Å². The number of halogens is 1. The molecule has 2 N–H and O–H groups in total. The largest absolute Gasteiger partial charge is 0.397 e. The summed E-state index contributed by atoms with van der Waals surface area (Å²) in [7, 11) is -2.37. The van der Waals surface area contributed by atoms with Crippen LogP contribution in [-0.4, -0.2) is 40.5 Å². The van der Waals surface area contributed by atoms with Gasteiger partial charge >= 0.3 is 0 Å². The Hall–Kier alpha value is -1.76. The minimum atomic E-state index is -2.37. The molecule has 0 saturated carbocycles. The highest BCUT2D eigenvalue weighted by Gasteiger charge is 2.31. The number of anilines is 1. The molecule has 22 heavy (non-hydrogen) atoms. The van der Waals surface area contributed by atoms with Gasteiger partial charge in [0.25, 0.3) is 0 Å². The molecule has 0 saturated heterocycles. The first-order chi connectivity index (χ1) is 10.3. The predicted octanol–water partition coefficient (Wildman–Crippen LogP) is 2.32. The number of nitrogens with zero attached hydrogens (tertiary/aromatic N) is 3. The second kappa shape index (κ2) is 5.46. The van der Waals surface area contributed by atoms with Crippen LogP contribution >= 0.6 is 7.14 Å². The first-order valence-electron chi connectivity index (χ1n) is 6.60. The Morgan fingerprint density at radius 2 is 2.27 bits per heavy atom. The van der Waals surface area contributed by atoms with Crippen molar-refractivity contribution in [3.8, 4) is 0 Å². The highest BCUT2D eigenvalue weighted by Crippen LogP contribution is 2.38. The third kappa shape index (κ3) is 2.90. The molecule has 1 aliphatic heterocycles. The standard InChI is InChI=1S/C13H16FN4O3P/c1-22(2,19)7-20-10-5-8(14)13(21-10)18-6-17-11-9(15)3-4-16-12(11)18/h3-6,10,13H,7H2,1-2H3,(H2,15,16)/t10-,13+/m0/s1. The molecule has 118 valence electrons. The zero-order valence-electron chi connectivity index (χ0n) is 12.1. The van der Waals surface area contributed by atoms with Crippen LogP contribution in [0.2, 0.25) is 0 Å². The van der Waals surface area contributed by atoms with Crippen molar-refractivity contribution in [2.75, 3.05) is 25.4 Å². The Kier molecular flexibility index (Phi) is 3.76. The second-order valence-electron chi connectivity index (χ2n) is 5.50. The average molecular weight is 326 g/mol. The molecule has 3 rings (SSSR count). The smallest absolute Gasteiger partial charge is 0.192 e. The zero-order valence-corrected chi connectivity index (χ0v) is 13.0. The third-order valence-electron chi connectivity index (χ3n) is 3.09. The van der Waals surface area contributed by atoms with Gasteiger partial charge in [-0.05, 0) is 19.4 Å². The monoisotopic (exact) mass is 326 g/mol. The number of pyridine rings is 1. The molecule has 0 unspecified atom stereocenters. The lowest BCUT2D eigenvalue weighted by Crippen LogP contribution is -2.16. The number of ether oxygens (including phenoxy) is 2. The van der Waals surface area contributed by atoms with E-state index in [9.17, 15) is 8.96 Å². The molecule has 9 heteroatoms. The topological polar surface area (TPSA) is 92.3 Å². The Bertz CT molecular complexity index is 785. The number of hydrogen-bond donors (Lipinski definition) is 1. The number of rotatable bonds is 4. The molecular weight excluding hydrogens is 310 g/mol. The number of hydrogen-bond acceptors (Lipinski definition) is 6. The lowest BCUT2D eigenvalue weighted by Gasteiger charge is -2.17. The minimum absolute atomic E-state index is 0.0179. The molecule has 0 fully saturated rings.